The molecule has 1 aromatic carbocycles. The maximum atomic E-state index is 4.84. The van der Waals surface area contributed by atoms with Gasteiger partial charge in [0, 0.05) is 28.2 Å². The van der Waals surface area contributed by atoms with Crippen LogP contribution in [-0.4, -0.2) is 19.9 Å². The molecule has 0 aliphatic rings. The molecule has 0 aliphatic heterocycles. The zero-order valence-corrected chi connectivity index (χ0v) is 19.8. The van der Waals surface area contributed by atoms with E-state index >= 15 is 0 Å². The topological polar surface area (TPSA) is 51.6 Å². The smallest absolute Gasteiger partial charge is 0.163 e. The van der Waals surface area contributed by atoms with E-state index < -0.39 is 0 Å². The summed E-state index contributed by atoms with van der Waals surface area (Å²) in [5.74, 6) is 2.35. The van der Waals surface area contributed by atoms with E-state index in [4.69, 9.17) is 15.0 Å². The molecule has 0 aliphatic carbocycles. The lowest BCUT2D eigenvalue weighted by Crippen LogP contribution is -2.24. The summed E-state index contributed by atoms with van der Waals surface area (Å²) in [6.07, 6.45) is 1.89. The summed E-state index contributed by atoms with van der Waals surface area (Å²) in [4.78, 5) is 19.1. The molecule has 3 aromatic rings. The number of hydrogen-bond donors (Lipinski definition) is 0. The first kappa shape index (κ1) is 22.1. The molecule has 4 heteroatoms. The van der Waals surface area contributed by atoms with E-state index in [1.807, 2.05) is 12.3 Å². The highest BCUT2D eigenvalue weighted by atomic mass is 15.1. The van der Waals surface area contributed by atoms with Crippen molar-refractivity contribution < 1.29 is 0 Å². The van der Waals surface area contributed by atoms with E-state index in [2.05, 4.69) is 97.6 Å². The summed E-state index contributed by atoms with van der Waals surface area (Å²) in [6.45, 7) is 19.5. The van der Waals surface area contributed by atoms with Crippen LogP contribution in [-0.2, 0) is 16.2 Å². The van der Waals surface area contributed by atoms with Gasteiger partial charge < -0.3 is 0 Å². The van der Waals surface area contributed by atoms with Crippen LogP contribution in [0.2, 0.25) is 0 Å². The van der Waals surface area contributed by atoms with E-state index in [0.29, 0.717) is 5.82 Å². The quantitative estimate of drug-likeness (QED) is 0.491. The Balaban J connectivity index is 2.13. The Morgan fingerprint density at radius 2 is 1.17 bits per heavy atom. The summed E-state index contributed by atoms with van der Waals surface area (Å²) in [5.41, 5.74) is 4.04. The maximum absolute atomic E-state index is 4.84. The van der Waals surface area contributed by atoms with Crippen LogP contribution in [0.5, 0.6) is 0 Å². The third-order valence-corrected chi connectivity index (χ3v) is 5.02. The van der Waals surface area contributed by atoms with Crippen LogP contribution in [0.15, 0.2) is 42.6 Å². The van der Waals surface area contributed by atoms with Crippen molar-refractivity contribution in [2.45, 2.75) is 78.6 Å². The molecule has 0 fully saturated rings. The third-order valence-electron chi connectivity index (χ3n) is 5.02. The summed E-state index contributed by atoms with van der Waals surface area (Å²) in [7, 11) is 0. The van der Waals surface area contributed by atoms with Gasteiger partial charge in [0.05, 0.1) is 5.69 Å². The van der Waals surface area contributed by atoms with Crippen molar-refractivity contribution in [3.05, 3.63) is 59.8 Å². The standard InChI is InChI=1S/C26H34N4/c1-24(2,3)19-13-14-27-20(16-19)17-11-10-12-18(15-17)21-28-22(25(4,5)6)30-23(29-21)26(7,8)9/h10-16H,1-9H3. The summed E-state index contributed by atoms with van der Waals surface area (Å²) < 4.78 is 0. The Bertz CT molecular complexity index is 1020. The Kier molecular flexibility index (Phi) is 5.57. The van der Waals surface area contributed by atoms with Gasteiger partial charge in [-0.1, -0.05) is 80.5 Å². The molecule has 0 atom stereocenters. The molecule has 0 N–H and O–H groups in total. The lowest BCUT2D eigenvalue weighted by atomic mass is 9.87. The predicted molar refractivity (Wildman–Crippen MR) is 125 cm³/mol. The lowest BCUT2D eigenvalue weighted by molar-refractivity contribution is 0.497. The second kappa shape index (κ2) is 7.57. The molecule has 2 heterocycles. The van der Waals surface area contributed by atoms with E-state index in [1.54, 1.807) is 0 Å². The molecular weight excluding hydrogens is 368 g/mol. The van der Waals surface area contributed by atoms with Gasteiger partial charge in [0.2, 0.25) is 0 Å². The Hall–Kier alpha value is -2.62. The van der Waals surface area contributed by atoms with Crippen LogP contribution in [0.25, 0.3) is 22.6 Å². The number of aromatic nitrogens is 4. The monoisotopic (exact) mass is 402 g/mol. The van der Waals surface area contributed by atoms with Crippen molar-refractivity contribution in [2.75, 3.05) is 0 Å². The van der Waals surface area contributed by atoms with Crippen molar-refractivity contribution in [2.24, 2.45) is 0 Å². The number of rotatable bonds is 2. The number of pyridine rings is 1. The first-order valence-electron chi connectivity index (χ1n) is 10.6. The molecule has 0 spiro atoms. The van der Waals surface area contributed by atoms with Crippen LogP contribution >= 0.6 is 0 Å². The van der Waals surface area contributed by atoms with Gasteiger partial charge in [-0.3, -0.25) is 4.98 Å². The predicted octanol–water partition coefficient (Wildman–Crippen LogP) is 6.49. The van der Waals surface area contributed by atoms with E-state index in [9.17, 15) is 0 Å². The number of nitrogens with zero attached hydrogens (tertiary/aromatic N) is 4. The Morgan fingerprint density at radius 1 is 0.600 bits per heavy atom. The minimum atomic E-state index is -0.155. The van der Waals surface area contributed by atoms with E-state index in [1.165, 1.54) is 5.56 Å². The van der Waals surface area contributed by atoms with Crippen molar-refractivity contribution >= 4 is 0 Å². The molecular formula is C26H34N4. The Labute approximate surface area is 181 Å². The molecule has 0 unspecified atom stereocenters. The largest absolute Gasteiger partial charge is 0.256 e. The summed E-state index contributed by atoms with van der Waals surface area (Å²) in [6, 6.07) is 12.6. The molecule has 0 radical (unpaired) electrons. The van der Waals surface area contributed by atoms with Crippen LogP contribution in [0, 0.1) is 0 Å². The average molecular weight is 403 g/mol. The second-order valence-electron chi connectivity index (χ2n) is 11.1. The van der Waals surface area contributed by atoms with Crippen molar-refractivity contribution in [3.8, 4) is 22.6 Å². The SMILES string of the molecule is CC(C)(C)c1ccnc(-c2cccc(-c3nc(C(C)(C)C)nc(C(C)(C)C)n3)c2)c1. The van der Waals surface area contributed by atoms with Gasteiger partial charge in [-0.15, -0.1) is 0 Å². The van der Waals surface area contributed by atoms with E-state index in [-0.39, 0.29) is 16.2 Å². The lowest BCUT2D eigenvalue weighted by Gasteiger charge is -2.22. The second-order valence-corrected chi connectivity index (χ2v) is 11.1. The molecule has 0 saturated heterocycles. The van der Waals surface area contributed by atoms with Gasteiger partial charge in [-0.2, -0.15) is 0 Å². The van der Waals surface area contributed by atoms with Crippen molar-refractivity contribution in [1.82, 2.24) is 19.9 Å². The maximum Gasteiger partial charge on any atom is 0.163 e. The van der Waals surface area contributed by atoms with Crippen LogP contribution in [0.4, 0.5) is 0 Å². The molecule has 2 aromatic heterocycles. The van der Waals surface area contributed by atoms with Crippen LogP contribution in [0.3, 0.4) is 0 Å². The van der Waals surface area contributed by atoms with Crippen molar-refractivity contribution in [3.63, 3.8) is 0 Å². The zero-order chi connectivity index (χ0) is 22.3. The highest BCUT2D eigenvalue weighted by Gasteiger charge is 2.25. The Morgan fingerprint density at radius 3 is 1.70 bits per heavy atom. The highest BCUT2D eigenvalue weighted by Crippen LogP contribution is 2.30. The molecule has 30 heavy (non-hydrogen) atoms. The third kappa shape index (κ3) is 4.92. The summed E-state index contributed by atoms with van der Waals surface area (Å²) in [5, 5.41) is 0. The van der Waals surface area contributed by atoms with Gasteiger partial charge in [0.15, 0.2) is 5.82 Å². The molecule has 3 rings (SSSR count). The van der Waals surface area contributed by atoms with Gasteiger partial charge in [0.1, 0.15) is 11.6 Å². The number of hydrogen-bond acceptors (Lipinski definition) is 4. The average Bonchev–Trinajstić information content (AvgIpc) is 2.66. The first-order chi connectivity index (χ1) is 13.7. The molecule has 4 nitrogen and oxygen atoms in total. The molecule has 0 saturated carbocycles. The highest BCUT2D eigenvalue weighted by molar-refractivity contribution is 5.68. The first-order valence-corrected chi connectivity index (χ1v) is 10.6. The normalized spacial score (nSPS) is 12.8. The fourth-order valence-electron chi connectivity index (χ4n) is 3.05. The summed E-state index contributed by atoms with van der Waals surface area (Å²) >= 11 is 0. The van der Waals surface area contributed by atoms with Gasteiger partial charge in [-0.05, 0) is 29.2 Å². The minimum absolute atomic E-state index is 0.0761. The van der Waals surface area contributed by atoms with Crippen LogP contribution < -0.4 is 0 Å². The van der Waals surface area contributed by atoms with Gasteiger partial charge >= 0.3 is 0 Å². The molecule has 158 valence electrons. The van der Waals surface area contributed by atoms with Crippen molar-refractivity contribution in [1.29, 1.82) is 0 Å². The molecule has 0 amide bonds. The fourth-order valence-corrected chi connectivity index (χ4v) is 3.05. The van der Waals surface area contributed by atoms with Gasteiger partial charge in [-0.25, -0.2) is 15.0 Å². The number of benzene rings is 1. The van der Waals surface area contributed by atoms with Gasteiger partial charge in [0.25, 0.3) is 0 Å². The van der Waals surface area contributed by atoms with E-state index in [0.717, 1.165) is 28.5 Å². The zero-order valence-electron chi connectivity index (χ0n) is 19.8. The fraction of sp³-hybridized carbons (Fsp3) is 0.462. The minimum Gasteiger partial charge on any atom is -0.256 e. The van der Waals surface area contributed by atoms with Crippen LogP contribution in [0.1, 0.15) is 79.5 Å². The molecule has 0 bridgehead atoms.